The lowest BCUT2D eigenvalue weighted by molar-refractivity contribution is 0.581. The molecule has 5 nitrogen and oxygen atoms in total. The van der Waals surface area contributed by atoms with Gasteiger partial charge in [-0.05, 0) is 24.3 Å². The molecule has 0 unspecified atom stereocenters. The van der Waals surface area contributed by atoms with E-state index in [2.05, 4.69) is 10.3 Å². The standard InChI is InChI=1S/C18H17FN4O.ClH/c19-13-5-1-3-7-15(13)23-16-8-4-2-6-14(16)21-17(18(23)24)22-11-9-20-10-12-22;/h1-8,20H,9-12H2;1H. The van der Waals surface area contributed by atoms with E-state index < -0.39 is 5.82 Å². The van der Waals surface area contributed by atoms with Crippen LogP contribution < -0.4 is 15.8 Å². The first kappa shape index (κ1) is 17.4. The van der Waals surface area contributed by atoms with Gasteiger partial charge in [0.05, 0.1) is 16.7 Å². The highest BCUT2D eigenvalue weighted by molar-refractivity contribution is 5.85. The van der Waals surface area contributed by atoms with Gasteiger partial charge < -0.3 is 10.2 Å². The summed E-state index contributed by atoms with van der Waals surface area (Å²) in [7, 11) is 0. The van der Waals surface area contributed by atoms with Gasteiger partial charge >= 0.3 is 0 Å². The van der Waals surface area contributed by atoms with Gasteiger partial charge in [0, 0.05) is 26.2 Å². The van der Waals surface area contributed by atoms with Gasteiger partial charge in [-0.3, -0.25) is 9.36 Å². The second-order valence-electron chi connectivity index (χ2n) is 5.75. The normalized spacial score (nSPS) is 14.4. The minimum absolute atomic E-state index is 0. The van der Waals surface area contributed by atoms with E-state index in [1.54, 1.807) is 24.3 Å². The third-order valence-corrected chi connectivity index (χ3v) is 4.25. The predicted molar refractivity (Wildman–Crippen MR) is 99.6 cm³/mol. The Hall–Kier alpha value is -2.44. The maximum Gasteiger partial charge on any atom is 0.298 e. The van der Waals surface area contributed by atoms with E-state index in [0.29, 0.717) is 29.9 Å². The molecule has 4 rings (SSSR count). The Kier molecular flexibility index (Phi) is 5.01. The summed E-state index contributed by atoms with van der Waals surface area (Å²) in [5, 5.41) is 3.26. The molecule has 0 amide bonds. The molecule has 2 heterocycles. The molecule has 0 atom stereocenters. The third-order valence-electron chi connectivity index (χ3n) is 4.25. The number of hydrogen-bond donors (Lipinski definition) is 1. The number of anilines is 1. The SMILES string of the molecule is Cl.O=c1c(N2CCNCC2)nc2ccccc2n1-c1ccccc1F. The van der Waals surface area contributed by atoms with Crippen molar-refractivity contribution in [2.45, 2.75) is 0 Å². The molecule has 1 aromatic heterocycles. The molecule has 1 fully saturated rings. The van der Waals surface area contributed by atoms with Crippen molar-refractivity contribution >= 4 is 29.3 Å². The van der Waals surface area contributed by atoms with Gasteiger partial charge in [-0.1, -0.05) is 24.3 Å². The van der Waals surface area contributed by atoms with Crippen molar-refractivity contribution in [2.75, 3.05) is 31.1 Å². The molecule has 7 heteroatoms. The molecule has 0 radical (unpaired) electrons. The lowest BCUT2D eigenvalue weighted by Crippen LogP contribution is -2.46. The third kappa shape index (κ3) is 3.10. The summed E-state index contributed by atoms with van der Waals surface area (Å²) >= 11 is 0. The molecule has 0 aliphatic carbocycles. The van der Waals surface area contributed by atoms with Crippen LogP contribution in [0, 0.1) is 5.82 Å². The molecule has 2 aromatic carbocycles. The molecule has 25 heavy (non-hydrogen) atoms. The fourth-order valence-electron chi connectivity index (χ4n) is 3.07. The molecule has 130 valence electrons. The number of rotatable bonds is 2. The van der Waals surface area contributed by atoms with Crippen molar-refractivity contribution in [1.29, 1.82) is 0 Å². The molecule has 0 bridgehead atoms. The van der Waals surface area contributed by atoms with Gasteiger partial charge in [0.1, 0.15) is 5.82 Å². The fraction of sp³-hybridized carbons (Fsp3) is 0.222. The van der Waals surface area contributed by atoms with Crippen LogP contribution in [0.15, 0.2) is 53.3 Å². The highest BCUT2D eigenvalue weighted by Crippen LogP contribution is 2.20. The Bertz CT molecular complexity index is 953. The van der Waals surface area contributed by atoms with Gasteiger partial charge in [0.25, 0.3) is 5.56 Å². The number of hydrogen-bond acceptors (Lipinski definition) is 4. The number of piperazine rings is 1. The largest absolute Gasteiger partial charge is 0.349 e. The van der Waals surface area contributed by atoms with E-state index in [-0.39, 0.29) is 23.7 Å². The van der Waals surface area contributed by atoms with E-state index >= 15 is 0 Å². The molecule has 0 saturated carbocycles. The summed E-state index contributed by atoms with van der Waals surface area (Å²) in [5.74, 6) is -0.0549. The van der Waals surface area contributed by atoms with E-state index in [1.807, 2.05) is 23.1 Å². The van der Waals surface area contributed by atoms with E-state index in [1.165, 1.54) is 10.6 Å². The number of benzene rings is 2. The molecule has 1 N–H and O–H groups in total. The first-order chi connectivity index (χ1) is 11.8. The summed E-state index contributed by atoms with van der Waals surface area (Å²) in [4.78, 5) is 19.6. The van der Waals surface area contributed by atoms with Crippen LogP contribution in [-0.2, 0) is 0 Å². The second kappa shape index (κ2) is 7.21. The molecule has 1 aliphatic heterocycles. The van der Waals surface area contributed by atoms with Gasteiger partial charge in [-0.15, -0.1) is 12.4 Å². The van der Waals surface area contributed by atoms with E-state index in [9.17, 15) is 9.18 Å². The summed E-state index contributed by atoms with van der Waals surface area (Å²) in [6, 6.07) is 13.6. The number of nitrogens with zero attached hydrogens (tertiary/aromatic N) is 3. The Morgan fingerprint density at radius 3 is 2.44 bits per heavy atom. The molecular weight excluding hydrogens is 343 g/mol. The highest BCUT2D eigenvalue weighted by atomic mass is 35.5. The average Bonchev–Trinajstić information content (AvgIpc) is 2.63. The van der Waals surface area contributed by atoms with Gasteiger partial charge in [-0.25, -0.2) is 9.37 Å². The van der Waals surface area contributed by atoms with E-state index in [4.69, 9.17) is 0 Å². The predicted octanol–water partition coefficient (Wildman–Crippen LogP) is 2.36. The zero-order valence-corrected chi connectivity index (χ0v) is 14.3. The molecule has 3 aromatic rings. The first-order valence-electron chi connectivity index (χ1n) is 7.98. The highest BCUT2D eigenvalue weighted by Gasteiger charge is 2.20. The summed E-state index contributed by atoms with van der Waals surface area (Å²) in [6.45, 7) is 3.01. The minimum atomic E-state index is -0.429. The summed E-state index contributed by atoms with van der Waals surface area (Å²) in [5.41, 5.74) is 1.23. The van der Waals surface area contributed by atoms with Crippen molar-refractivity contribution in [3.8, 4) is 5.69 Å². The zero-order chi connectivity index (χ0) is 16.5. The lowest BCUT2D eigenvalue weighted by atomic mass is 10.2. The Labute approximate surface area is 150 Å². The quantitative estimate of drug-likeness (QED) is 0.762. The van der Waals surface area contributed by atoms with Crippen molar-refractivity contribution in [2.24, 2.45) is 0 Å². The average molecular weight is 361 g/mol. The Morgan fingerprint density at radius 2 is 1.68 bits per heavy atom. The Morgan fingerprint density at radius 1 is 1.00 bits per heavy atom. The zero-order valence-electron chi connectivity index (χ0n) is 13.5. The van der Waals surface area contributed by atoms with Crippen LogP contribution in [0.2, 0.25) is 0 Å². The second-order valence-corrected chi connectivity index (χ2v) is 5.75. The number of nitrogens with one attached hydrogen (secondary N) is 1. The molecule has 1 saturated heterocycles. The maximum atomic E-state index is 14.4. The molecule has 1 aliphatic rings. The van der Waals surface area contributed by atoms with Crippen LogP contribution in [0.1, 0.15) is 0 Å². The number of aromatic nitrogens is 2. The molecule has 0 spiro atoms. The van der Waals surface area contributed by atoms with Crippen molar-refractivity contribution in [3.05, 3.63) is 64.7 Å². The van der Waals surface area contributed by atoms with Crippen LogP contribution in [0.3, 0.4) is 0 Å². The van der Waals surface area contributed by atoms with Gasteiger partial charge in [-0.2, -0.15) is 0 Å². The van der Waals surface area contributed by atoms with Gasteiger partial charge in [0.15, 0.2) is 5.82 Å². The van der Waals surface area contributed by atoms with Crippen molar-refractivity contribution in [1.82, 2.24) is 14.9 Å². The topological polar surface area (TPSA) is 50.2 Å². The fourth-order valence-corrected chi connectivity index (χ4v) is 3.07. The van der Waals surface area contributed by atoms with Crippen molar-refractivity contribution < 1.29 is 4.39 Å². The maximum absolute atomic E-state index is 14.4. The minimum Gasteiger partial charge on any atom is -0.349 e. The van der Waals surface area contributed by atoms with Crippen LogP contribution in [0.4, 0.5) is 10.2 Å². The number of halogens is 2. The first-order valence-corrected chi connectivity index (χ1v) is 7.98. The summed E-state index contributed by atoms with van der Waals surface area (Å²) < 4.78 is 15.8. The van der Waals surface area contributed by atoms with Crippen LogP contribution >= 0.6 is 12.4 Å². The van der Waals surface area contributed by atoms with Gasteiger partial charge in [0.2, 0.25) is 0 Å². The Balaban J connectivity index is 0.00000182. The monoisotopic (exact) mass is 360 g/mol. The number of fused-ring (bicyclic) bond motifs is 1. The molecular formula is C18H18ClFN4O. The van der Waals surface area contributed by atoms with Crippen LogP contribution in [-0.4, -0.2) is 35.7 Å². The summed E-state index contributed by atoms with van der Waals surface area (Å²) in [6.07, 6.45) is 0. The van der Waals surface area contributed by atoms with E-state index in [0.717, 1.165) is 13.1 Å². The van der Waals surface area contributed by atoms with Crippen LogP contribution in [0.5, 0.6) is 0 Å². The number of para-hydroxylation sites is 3. The van der Waals surface area contributed by atoms with Crippen molar-refractivity contribution in [3.63, 3.8) is 0 Å². The lowest BCUT2D eigenvalue weighted by Gasteiger charge is -2.28. The smallest absolute Gasteiger partial charge is 0.298 e. The van der Waals surface area contributed by atoms with Crippen LogP contribution in [0.25, 0.3) is 16.7 Å².